The Bertz CT molecular complexity index is 365. The molecule has 3 heteroatoms. The first-order valence-corrected chi connectivity index (χ1v) is 5.93. The van der Waals surface area contributed by atoms with Crippen LogP contribution in [-0.4, -0.2) is 20.2 Å². The number of methoxy groups -OCH3 is 1. The Hall–Kier alpha value is -1.38. The molecule has 1 unspecified atom stereocenters. The van der Waals surface area contributed by atoms with Crippen molar-refractivity contribution < 1.29 is 4.74 Å². The predicted molar refractivity (Wildman–Crippen MR) is 68.0 cm³/mol. The summed E-state index contributed by atoms with van der Waals surface area (Å²) >= 11 is 0. The summed E-state index contributed by atoms with van der Waals surface area (Å²) in [6.07, 6.45) is 2.54. The number of anilines is 2. The van der Waals surface area contributed by atoms with E-state index in [1.807, 2.05) is 12.1 Å². The van der Waals surface area contributed by atoms with Gasteiger partial charge in [-0.25, -0.2) is 0 Å². The van der Waals surface area contributed by atoms with Crippen molar-refractivity contribution in [3.63, 3.8) is 0 Å². The lowest BCUT2D eigenvalue weighted by atomic mass is 10.1. The highest BCUT2D eigenvalue weighted by Gasteiger charge is 2.22. The highest BCUT2D eigenvalue weighted by molar-refractivity contribution is 5.69. The van der Waals surface area contributed by atoms with Crippen LogP contribution in [0.4, 0.5) is 11.4 Å². The van der Waals surface area contributed by atoms with Gasteiger partial charge in [-0.3, -0.25) is 0 Å². The minimum atomic E-state index is 0.816. The molecule has 1 fully saturated rings. The van der Waals surface area contributed by atoms with Crippen LogP contribution in [0.2, 0.25) is 0 Å². The summed E-state index contributed by atoms with van der Waals surface area (Å²) < 4.78 is 5.16. The number of benzene rings is 1. The summed E-state index contributed by atoms with van der Waals surface area (Å²) in [6, 6.07) is 5.94. The Morgan fingerprint density at radius 3 is 2.88 bits per heavy atom. The molecule has 0 saturated carbocycles. The third kappa shape index (κ3) is 2.08. The van der Waals surface area contributed by atoms with Crippen molar-refractivity contribution >= 4 is 11.4 Å². The Morgan fingerprint density at radius 1 is 1.50 bits per heavy atom. The van der Waals surface area contributed by atoms with Gasteiger partial charge < -0.3 is 15.4 Å². The zero-order valence-corrected chi connectivity index (χ0v) is 10.1. The van der Waals surface area contributed by atoms with Gasteiger partial charge in [0.25, 0.3) is 0 Å². The molecular formula is C13H20N2O. The molecule has 0 aromatic heterocycles. The molecule has 0 aliphatic carbocycles. The minimum absolute atomic E-state index is 0.816. The van der Waals surface area contributed by atoms with Crippen LogP contribution in [-0.2, 0) is 0 Å². The van der Waals surface area contributed by atoms with E-state index in [4.69, 9.17) is 10.5 Å². The predicted octanol–water partition coefficient (Wildman–Crippen LogP) is 2.51. The fourth-order valence-electron chi connectivity index (χ4n) is 2.33. The van der Waals surface area contributed by atoms with Gasteiger partial charge in [0, 0.05) is 19.2 Å². The number of ether oxygens (including phenoxy) is 1. The summed E-state index contributed by atoms with van der Waals surface area (Å²) in [5, 5.41) is 0. The van der Waals surface area contributed by atoms with E-state index in [0.29, 0.717) is 0 Å². The van der Waals surface area contributed by atoms with Gasteiger partial charge in [-0.05, 0) is 24.5 Å². The lowest BCUT2D eigenvalue weighted by Crippen LogP contribution is -2.20. The van der Waals surface area contributed by atoms with Gasteiger partial charge in [0.05, 0.1) is 18.5 Å². The summed E-state index contributed by atoms with van der Waals surface area (Å²) in [4.78, 5) is 2.38. The van der Waals surface area contributed by atoms with E-state index in [1.54, 1.807) is 7.11 Å². The average molecular weight is 220 g/mol. The molecule has 2 rings (SSSR count). The highest BCUT2D eigenvalue weighted by Crippen LogP contribution is 2.32. The molecule has 1 aromatic carbocycles. The molecule has 1 aromatic rings. The van der Waals surface area contributed by atoms with Crippen LogP contribution in [0, 0.1) is 5.92 Å². The molecular weight excluding hydrogens is 200 g/mol. The third-order valence-corrected chi connectivity index (χ3v) is 3.44. The maximum Gasteiger partial charge on any atom is 0.121 e. The average Bonchev–Trinajstić information content (AvgIpc) is 2.77. The standard InChI is InChI=1S/C13H20N2O/c1-3-10-6-7-15(9-10)13-5-4-11(16-2)8-12(13)14/h4-5,8,10H,3,6-7,9,14H2,1-2H3. The molecule has 2 N–H and O–H groups in total. The number of hydrogen-bond acceptors (Lipinski definition) is 3. The Kier molecular flexibility index (Phi) is 3.22. The molecule has 16 heavy (non-hydrogen) atoms. The first-order valence-electron chi connectivity index (χ1n) is 5.93. The number of nitrogen functional groups attached to an aromatic ring is 1. The van der Waals surface area contributed by atoms with Crippen LogP contribution in [0.25, 0.3) is 0 Å². The molecule has 3 nitrogen and oxygen atoms in total. The summed E-state index contributed by atoms with van der Waals surface area (Å²) in [6.45, 7) is 4.51. The molecule has 0 spiro atoms. The minimum Gasteiger partial charge on any atom is -0.497 e. The lowest BCUT2D eigenvalue weighted by molar-refractivity contribution is 0.415. The van der Waals surface area contributed by atoms with E-state index >= 15 is 0 Å². The number of nitrogens with zero attached hydrogens (tertiary/aromatic N) is 1. The summed E-state index contributed by atoms with van der Waals surface area (Å²) in [5.41, 5.74) is 8.01. The van der Waals surface area contributed by atoms with Gasteiger partial charge in [-0.2, -0.15) is 0 Å². The number of rotatable bonds is 3. The number of nitrogens with two attached hydrogens (primary N) is 1. The van der Waals surface area contributed by atoms with Crippen molar-refractivity contribution in [2.24, 2.45) is 5.92 Å². The summed E-state index contributed by atoms with van der Waals surface area (Å²) in [5.74, 6) is 1.65. The van der Waals surface area contributed by atoms with Crippen LogP contribution >= 0.6 is 0 Å². The van der Waals surface area contributed by atoms with Crippen molar-refractivity contribution in [2.75, 3.05) is 30.8 Å². The molecule has 0 bridgehead atoms. The topological polar surface area (TPSA) is 38.5 Å². The Labute approximate surface area is 97.2 Å². The van der Waals surface area contributed by atoms with Crippen molar-refractivity contribution in [3.8, 4) is 5.75 Å². The van der Waals surface area contributed by atoms with Gasteiger partial charge in [-0.1, -0.05) is 13.3 Å². The van der Waals surface area contributed by atoms with Crippen molar-refractivity contribution in [3.05, 3.63) is 18.2 Å². The van der Waals surface area contributed by atoms with E-state index in [9.17, 15) is 0 Å². The van der Waals surface area contributed by atoms with Crippen LogP contribution in [0.1, 0.15) is 19.8 Å². The van der Waals surface area contributed by atoms with Crippen molar-refractivity contribution in [2.45, 2.75) is 19.8 Å². The maximum absolute atomic E-state index is 6.04. The Morgan fingerprint density at radius 2 is 2.31 bits per heavy atom. The smallest absolute Gasteiger partial charge is 0.121 e. The van der Waals surface area contributed by atoms with Gasteiger partial charge in [0.2, 0.25) is 0 Å². The third-order valence-electron chi connectivity index (χ3n) is 3.44. The second-order valence-electron chi connectivity index (χ2n) is 4.43. The second kappa shape index (κ2) is 4.64. The summed E-state index contributed by atoms with van der Waals surface area (Å²) in [7, 11) is 1.66. The molecule has 1 heterocycles. The molecule has 1 aliphatic rings. The number of hydrogen-bond donors (Lipinski definition) is 1. The van der Waals surface area contributed by atoms with E-state index in [-0.39, 0.29) is 0 Å². The van der Waals surface area contributed by atoms with E-state index in [0.717, 1.165) is 36.1 Å². The first kappa shape index (κ1) is 11.1. The van der Waals surface area contributed by atoms with Crippen molar-refractivity contribution in [1.29, 1.82) is 0 Å². The molecule has 1 atom stereocenters. The zero-order valence-electron chi connectivity index (χ0n) is 10.1. The van der Waals surface area contributed by atoms with Gasteiger partial charge >= 0.3 is 0 Å². The maximum atomic E-state index is 6.04. The fourth-order valence-corrected chi connectivity index (χ4v) is 2.33. The molecule has 0 radical (unpaired) electrons. The molecule has 0 amide bonds. The van der Waals surface area contributed by atoms with Crippen LogP contribution in [0.3, 0.4) is 0 Å². The lowest BCUT2D eigenvalue weighted by Gasteiger charge is -2.20. The zero-order chi connectivity index (χ0) is 11.5. The van der Waals surface area contributed by atoms with Gasteiger partial charge in [0.15, 0.2) is 0 Å². The fraction of sp³-hybridized carbons (Fsp3) is 0.538. The van der Waals surface area contributed by atoms with Crippen molar-refractivity contribution in [1.82, 2.24) is 0 Å². The van der Waals surface area contributed by atoms with E-state index in [2.05, 4.69) is 17.9 Å². The molecule has 88 valence electrons. The quantitative estimate of drug-likeness (QED) is 0.795. The molecule has 1 saturated heterocycles. The SMILES string of the molecule is CCC1CCN(c2ccc(OC)cc2N)C1. The highest BCUT2D eigenvalue weighted by atomic mass is 16.5. The van der Waals surface area contributed by atoms with Crippen LogP contribution < -0.4 is 15.4 Å². The second-order valence-corrected chi connectivity index (χ2v) is 4.43. The van der Waals surface area contributed by atoms with E-state index in [1.165, 1.54) is 12.8 Å². The van der Waals surface area contributed by atoms with E-state index < -0.39 is 0 Å². The largest absolute Gasteiger partial charge is 0.497 e. The Balaban J connectivity index is 2.15. The first-order chi connectivity index (χ1) is 7.74. The normalized spacial score (nSPS) is 20.1. The monoisotopic (exact) mass is 220 g/mol. The van der Waals surface area contributed by atoms with Crippen LogP contribution in [0.5, 0.6) is 5.75 Å². The van der Waals surface area contributed by atoms with Crippen LogP contribution in [0.15, 0.2) is 18.2 Å². The molecule has 1 aliphatic heterocycles. The van der Waals surface area contributed by atoms with Gasteiger partial charge in [0.1, 0.15) is 5.75 Å². The van der Waals surface area contributed by atoms with Gasteiger partial charge in [-0.15, -0.1) is 0 Å².